The molecule has 21 heavy (non-hydrogen) atoms. The Morgan fingerprint density at radius 3 is 2.67 bits per heavy atom. The van der Waals surface area contributed by atoms with Gasteiger partial charge < -0.3 is 14.9 Å². The largest absolute Gasteiger partial charge is 0.464 e. The van der Waals surface area contributed by atoms with Crippen molar-refractivity contribution in [3.8, 4) is 0 Å². The zero-order chi connectivity index (χ0) is 15.4. The van der Waals surface area contributed by atoms with Crippen LogP contribution >= 0.6 is 11.6 Å². The average molecular weight is 311 g/mol. The van der Waals surface area contributed by atoms with Crippen LogP contribution in [0.1, 0.15) is 27.8 Å². The molecule has 2 rings (SSSR count). The van der Waals surface area contributed by atoms with E-state index in [0.29, 0.717) is 16.3 Å². The predicted octanol–water partition coefficient (Wildman–Crippen LogP) is 1.55. The van der Waals surface area contributed by atoms with Gasteiger partial charge >= 0.3 is 5.97 Å². The molecular formula is C14H15ClN2O4. The molecule has 112 valence electrons. The van der Waals surface area contributed by atoms with Crippen molar-refractivity contribution in [1.29, 1.82) is 0 Å². The molecule has 0 spiro atoms. The van der Waals surface area contributed by atoms with E-state index in [1.165, 1.54) is 17.9 Å². The van der Waals surface area contributed by atoms with E-state index in [4.69, 9.17) is 11.6 Å². The summed E-state index contributed by atoms with van der Waals surface area (Å²) in [6, 6.07) is 8.19. The standard InChI is InChI=1S/C14H15ClN2O4/c1-21-14(20)12-6-11(8-18)17(16-12)7-13(19)9-2-4-10(15)5-3-9/h2-6,13,18-19H,7-8H2,1H3. The lowest BCUT2D eigenvalue weighted by molar-refractivity contribution is 0.0591. The Kier molecular flexibility index (Phi) is 4.95. The zero-order valence-corrected chi connectivity index (χ0v) is 12.1. The monoisotopic (exact) mass is 310 g/mol. The molecule has 1 aromatic heterocycles. The minimum Gasteiger partial charge on any atom is -0.464 e. The molecule has 0 saturated heterocycles. The van der Waals surface area contributed by atoms with Gasteiger partial charge in [-0.2, -0.15) is 5.10 Å². The van der Waals surface area contributed by atoms with Gasteiger partial charge in [0.05, 0.1) is 32.1 Å². The van der Waals surface area contributed by atoms with E-state index in [2.05, 4.69) is 9.84 Å². The average Bonchev–Trinajstić information content (AvgIpc) is 2.90. The number of ether oxygens (including phenoxy) is 1. The second-order valence-electron chi connectivity index (χ2n) is 4.42. The van der Waals surface area contributed by atoms with Gasteiger partial charge in [-0.05, 0) is 23.8 Å². The molecule has 0 radical (unpaired) electrons. The first-order chi connectivity index (χ1) is 10.0. The van der Waals surface area contributed by atoms with Crippen LogP contribution in [0.15, 0.2) is 30.3 Å². The highest BCUT2D eigenvalue weighted by Gasteiger charge is 2.17. The second-order valence-corrected chi connectivity index (χ2v) is 4.86. The molecule has 0 amide bonds. The molecule has 7 heteroatoms. The number of hydrogen-bond acceptors (Lipinski definition) is 5. The number of halogens is 1. The van der Waals surface area contributed by atoms with Crippen LogP contribution in [0.5, 0.6) is 0 Å². The number of aliphatic hydroxyl groups excluding tert-OH is 2. The number of rotatable bonds is 5. The van der Waals surface area contributed by atoms with Gasteiger partial charge in [-0.15, -0.1) is 0 Å². The van der Waals surface area contributed by atoms with Crippen molar-refractivity contribution in [1.82, 2.24) is 9.78 Å². The van der Waals surface area contributed by atoms with E-state index < -0.39 is 12.1 Å². The summed E-state index contributed by atoms with van der Waals surface area (Å²) in [5.74, 6) is -0.593. The fraction of sp³-hybridized carbons (Fsp3) is 0.286. The zero-order valence-electron chi connectivity index (χ0n) is 11.4. The molecule has 6 nitrogen and oxygen atoms in total. The summed E-state index contributed by atoms with van der Waals surface area (Å²) in [6.07, 6.45) is -0.835. The number of benzene rings is 1. The number of methoxy groups -OCH3 is 1. The SMILES string of the molecule is COC(=O)c1cc(CO)n(CC(O)c2ccc(Cl)cc2)n1. The summed E-state index contributed by atoms with van der Waals surface area (Å²) in [7, 11) is 1.25. The summed E-state index contributed by atoms with van der Waals surface area (Å²) in [4.78, 5) is 11.4. The third kappa shape index (κ3) is 3.60. The molecule has 0 aliphatic heterocycles. The molecule has 1 heterocycles. The van der Waals surface area contributed by atoms with E-state index in [1.54, 1.807) is 24.3 Å². The van der Waals surface area contributed by atoms with Gasteiger partial charge in [0, 0.05) is 5.02 Å². The molecule has 0 aliphatic carbocycles. The maximum Gasteiger partial charge on any atom is 0.358 e. The second kappa shape index (κ2) is 6.71. The Balaban J connectivity index is 2.20. The predicted molar refractivity (Wildman–Crippen MR) is 75.9 cm³/mol. The van der Waals surface area contributed by atoms with Gasteiger partial charge in [-0.25, -0.2) is 4.79 Å². The van der Waals surface area contributed by atoms with E-state index in [-0.39, 0.29) is 18.8 Å². The smallest absolute Gasteiger partial charge is 0.358 e. The number of aliphatic hydroxyl groups is 2. The van der Waals surface area contributed by atoms with E-state index in [9.17, 15) is 15.0 Å². The summed E-state index contributed by atoms with van der Waals surface area (Å²) in [5.41, 5.74) is 1.17. The Bertz CT molecular complexity index is 624. The first kappa shape index (κ1) is 15.5. The lowest BCUT2D eigenvalue weighted by Crippen LogP contribution is -2.13. The topological polar surface area (TPSA) is 84.6 Å². The van der Waals surface area contributed by atoms with E-state index >= 15 is 0 Å². The van der Waals surface area contributed by atoms with Crippen LogP contribution in [0.3, 0.4) is 0 Å². The van der Waals surface area contributed by atoms with Gasteiger partial charge in [0.15, 0.2) is 5.69 Å². The van der Waals surface area contributed by atoms with Crippen molar-refractivity contribution in [2.45, 2.75) is 19.3 Å². The Labute approximate surface area is 126 Å². The lowest BCUT2D eigenvalue weighted by atomic mass is 10.1. The Morgan fingerprint density at radius 1 is 1.43 bits per heavy atom. The van der Waals surface area contributed by atoms with Crippen LogP contribution in [0.2, 0.25) is 5.02 Å². The number of nitrogens with zero attached hydrogens (tertiary/aromatic N) is 2. The van der Waals surface area contributed by atoms with Crippen LogP contribution in [0, 0.1) is 0 Å². The molecule has 0 aliphatic rings. The first-order valence-corrected chi connectivity index (χ1v) is 6.62. The van der Waals surface area contributed by atoms with Crippen molar-refractivity contribution in [3.63, 3.8) is 0 Å². The molecule has 2 aromatic rings. The molecule has 0 bridgehead atoms. The minimum absolute atomic E-state index is 0.0878. The van der Waals surface area contributed by atoms with Crippen molar-refractivity contribution in [2.75, 3.05) is 7.11 Å². The fourth-order valence-corrected chi connectivity index (χ4v) is 2.03. The van der Waals surface area contributed by atoms with Crippen LogP contribution in [-0.4, -0.2) is 33.1 Å². The number of aromatic nitrogens is 2. The number of carbonyl (C=O) groups excluding carboxylic acids is 1. The van der Waals surface area contributed by atoms with Crippen LogP contribution in [0.25, 0.3) is 0 Å². The van der Waals surface area contributed by atoms with Gasteiger partial charge in [-0.1, -0.05) is 23.7 Å². The molecule has 1 aromatic carbocycles. The van der Waals surface area contributed by atoms with Gasteiger partial charge in [-0.3, -0.25) is 4.68 Å². The third-order valence-corrected chi connectivity index (χ3v) is 3.27. The normalized spacial score (nSPS) is 12.2. The summed E-state index contributed by atoms with van der Waals surface area (Å²) >= 11 is 5.79. The summed E-state index contributed by atoms with van der Waals surface area (Å²) in [6.45, 7) is -0.189. The maximum absolute atomic E-state index is 11.4. The van der Waals surface area contributed by atoms with Gasteiger partial charge in [0.25, 0.3) is 0 Å². The molecule has 0 saturated carbocycles. The highest BCUT2D eigenvalue weighted by Crippen LogP contribution is 2.19. The highest BCUT2D eigenvalue weighted by molar-refractivity contribution is 6.30. The Morgan fingerprint density at radius 2 is 2.10 bits per heavy atom. The highest BCUT2D eigenvalue weighted by atomic mass is 35.5. The number of esters is 1. The van der Waals surface area contributed by atoms with Gasteiger partial charge in [0.1, 0.15) is 0 Å². The summed E-state index contributed by atoms with van der Waals surface area (Å²) < 4.78 is 5.96. The molecule has 2 N–H and O–H groups in total. The molecule has 1 unspecified atom stereocenters. The summed E-state index contributed by atoms with van der Waals surface area (Å²) in [5, 5.41) is 24.1. The number of hydrogen-bond donors (Lipinski definition) is 2. The lowest BCUT2D eigenvalue weighted by Gasteiger charge is -2.13. The molecular weight excluding hydrogens is 296 g/mol. The fourth-order valence-electron chi connectivity index (χ4n) is 1.90. The van der Waals surface area contributed by atoms with E-state index in [0.717, 1.165) is 0 Å². The van der Waals surface area contributed by atoms with Gasteiger partial charge in [0.2, 0.25) is 0 Å². The first-order valence-electron chi connectivity index (χ1n) is 6.24. The molecule has 1 atom stereocenters. The Hall–Kier alpha value is -1.89. The molecule has 0 fully saturated rings. The van der Waals surface area contributed by atoms with Crippen molar-refractivity contribution in [2.24, 2.45) is 0 Å². The van der Waals surface area contributed by atoms with Crippen molar-refractivity contribution in [3.05, 3.63) is 52.3 Å². The maximum atomic E-state index is 11.4. The van der Waals surface area contributed by atoms with Crippen LogP contribution < -0.4 is 0 Å². The third-order valence-electron chi connectivity index (χ3n) is 3.02. The van der Waals surface area contributed by atoms with Crippen LogP contribution in [-0.2, 0) is 17.9 Å². The quantitative estimate of drug-likeness (QED) is 0.819. The minimum atomic E-state index is -0.835. The van der Waals surface area contributed by atoms with Crippen LogP contribution in [0.4, 0.5) is 0 Å². The number of carbonyl (C=O) groups is 1. The van der Waals surface area contributed by atoms with Crippen molar-refractivity contribution < 1.29 is 19.7 Å². The van der Waals surface area contributed by atoms with E-state index in [1.807, 2.05) is 0 Å². The van der Waals surface area contributed by atoms with Crippen molar-refractivity contribution >= 4 is 17.6 Å².